The van der Waals surface area contributed by atoms with Gasteiger partial charge in [0.05, 0.1) is 12.0 Å². The molecule has 0 bridgehead atoms. The number of benzene rings is 1. The minimum atomic E-state index is -0.291. The lowest BCUT2D eigenvalue weighted by atomic mass is 10.2. The minimum absolute atomic E-state index is 0.266. The van der Waals surface area contributed by atoms with Crippen LogP contribution in [-0.2, 0) is 6.42 Å². The van der Waals surface area contributed by atoms with Gasteiger partial charge in [-0.1, -0.05) is 30.8 Å². The molecule has 4 rings (SSSR count). The fourth-order valence-corrected chi connectivity index (χ4v) is 4.04. The predicted molar refractivity (Wildman–Crippen MR) is 102 cm³/mol. The van der Waals surface area contributed by atoms with Gasteiger partial charge in [-0.2, -0.15) is 14.6 Å². The van der Waals surface area contributed by atoms with Crippen LogP contribution in [-0.4, -0.2) is 25.5 Å². The lowest BCUT2D eigenvalue weighted by Crippen LogP contribution is -2.11. The molecule has 0 atom stereocenters. The molecule has 0 saturated carbocycles. The molecule has 0 saturated heterocycles. The summed E-state index contributed by atoms with van der Waals surface area (Å²) >= 11 is 1.53. The average Bonchev–Trinajstić information content (AvgIpc) is 3.34. The Hall–Kier alpha value is -3.13. The summed E-state index contributed by atoms with van der Waals surface area (Å²) in [5.74, 6) is 0.535. The Morgan fingerprint density at radius 1 is 1.26 bits per heavy atom. The summed E-state index contributed by atoms with van der Waals surface area (Å²) in [6.07, 6.45) is 3.79. The SMILES string of the molecule is CCc1c(C)nc2ncnn2c1Sc1ccccc1NC(=O)c1ccco1. The molecular weight excluding hydrogens is 362 g/mol. The van der Waals surface area contributed by atoms with E-state index in [0.29, 0.717) is 11.5 Å². The van der Waals surface area contributed by atoms with E-state index in [0.717, 1.165) is 27.6 Å². The van der Waals surface area contributed by atoms with Gasteiger partial charge in [0.15, 0.2) is 5.76 Å². The van der Waals surface area contributed by atoms with Gasteiger partial charge >= 0.3 is 0 Å². The van der Waals surface area contributed by atoms with Crippen molar-refractivity contribution in [1.82, 2.24) is 19.6 Å². The van der Waals surface area contributed by atoms with Crippen molar-refractivity contribution in [3.05, 3.63) is 66.0 Å². The van der Waals surface area contributed by atoms with Crippen LogP contribution in [0.4, 0.5) is 5.69 Å². The van der Waals surface area contributed by atoms with E-state index in [2.05, 4.69) is 27.3 Å². The fraction of sp³-hybridized carbons (Fsp3) is 0.158. The molecule has 1 N–H and O–H groups in total. The van der Waals surface area contributed by atoms with Crippen LogP contribution in [0.25, 0.3) is 5.78 Å². The zero-order chi connectivity index (χ0) is 18.8. The van der Waals surface area contributed by atoms with Crippen molar-refractivity contribution < 1.29 is 9.21 Å². The summed E-state index contributed by atoms with van der Waals surface area (Å²) in [5, 5.41) is 8.17. The number of aryl methyl sites for hydroxylation is 1. The summed E-state index contributed by atoms with van der Waals surface area (Å²) in [7, 11) is 0. The molecule has 1 amide bonds. The molecular formula is C19H17N5O2S. The topological polar surface area (TPSA) is 85.3 Å². The first-order valence-electron chi connectivity index (χ1n) is 8.48. The number of nitrogens with one attached hydrogen (secondary N) is 1. The molecule has 0 unspecified atom stereocenters. The maximum Gasteiger partial charge on any atom is 0.291 e. The normalized spacial score (nSPS) is 11.0. The van der Waals surface area contributed by atoms with Gasteiger partial charge in [-0.05, 0) is 37.6 Å². The molecule has 0 aliphatic rings. The summed E-state index contributed by atoms with van der Waals surface area (Å²) in [6, 6.07) is 11.0. The van der Waals surface area contributed by atoms with E-state index in [4.69, 9.17) is 4.42 Å². The number of furan rings is 1. The average molecular weight is 379 g/mol. The molecule has 1 aromatic carbocycles. The number of carbonyl (C=O) groups is 1. The second-order valence-corrected chi connectivity index (χ2v) is 6.87. The summed E-state index contributed by atoms with van der Waals surface area (Å²) in [5.41, 5.74) is 2.73. The van der Waals surface area contributed by atoms with Crippen molar-refractivity contribution in [3.63, 3.8) is 0 Å². The number of fused-ring (bicyclic) bond motifs is 1. The zero-order valence-corrected chi connectivity index (χ0v) is 15.7. The lowest BCUT2D eigenvalue weighted by molar-refractivity contribution is 0.0996. The lowest BCUT2D eigenvalue weighted by Gasteiger charge is -2.14. The molecule has 3 aromatic heterocycles. The molecule has 27 heavy (non-hydrogen) atoms. The Bertz CT molecular complexity index is 1100. The molecule has 0 radical (unpaired) electrons. The molecule has 0 aliphatic heterocycles. The Morgan fingerprint density at radius 2 is 2.11 bits per heavy atom. The van der Waals surface area contributed by atoms with E-state index >= 15 is 0 Å². The number of amides is 1. The largest absolute Gasteiger partial charge is 0.459 e. The van der Waals surface area contributed by atoms with Gasteiger partial charge in [-0.25, -0.2) is 4.98 Å². The molecule has 0 aliphatic carbocycles. The highest BCUT2D eigenvalue weighted by Gasteiger charge is 2.17. The molecule has 0 spiro atoms. The standard InChI is InChI=1S/C19H17N5O2S/c1-3-13-12(2)22-19-20-11-21-24(19)18(13)27-16-9-5-4-7-14(16)23-17(25)15-8-6-10-26-15/h4-11H,3H2,1-2H3,(H,23,25). The van der Waals surface area contributed by atoms with E-state index in [9.17, 15) is 4.79 Å². The van der Waals surface area contributed by atoms with Crippen LogP contribution in [0.3, 0.4) is 0 Å². The third-order valence-corrected chi connectivity index (χ3v) is 5.31. The van der Waals surface area contributed by atoms with E-state index < -0.39 is 0 Å². The van der Waals surface area contributed by atoms with Crippen molar-refractivity contribution in [2.75, 3.05) is 5.32 Å². The van der Waals surface area contributed by atoms with Crippen LogP contribution in [0.5, 0.6) is 0 Å². The van der Waals surface area contributed by atoms with Crippen LogP contribution in [0.1, 0.15) is 28.7 Å². The number of rotatable bonds is 5. The van der Waals surface area contributed by atoms with E-state index in [1.807, 2.05) is 31.2 Å². The smallest absolute Gasteiger partial charge is 0.291 e. The Kier molecular flexibility index (Phi) is 4.64. The van der Waals surface area contributed by atoms with Crippen LogP contribution in [0.15, 0.2) is 63.3 Å². The van der Waals surface area contributed by atoms with Crippen LogP contribution < -0.4 is 5.32 Å². The number of para-hydroxylation sites is 1. The molecule has 7 nitrogen and oxygen atoms in total. The number of anilines is 1. The molecule has 136 valence electrons. The Morgan fingerprint density at radius 3 is 2.89 bits per heavy atom. The van der Waals surface area contributed by atoms with Gasteiger partial charge in [-0.15, -0.1) is 0 Å². The third-order valence-electron chi connectivity index (χ3n) is 4.13. The highest BCUT2D eigenvalue weighted by molar-refractivity contribution is 7.99. The summed E-state index contributed by atoms with van der Waals surface area (Å²) in [4.78, 5) is 22.0. The quantitative estimate of drug-likeness (QED) is 0.528. The highest BCUT2D eigenvalue weighted by Crippen LogP contribution is 2.36. The Labute approximate surface area is 159 Å². The second-order valence-electron chi connectivity index (χ2n) is 5.84. The number of aromatic nitrogens is 4. The summed E-state index contributed by atoms with van der Waals surface area (Å²) < 4.78 is 6.91. The van der Waals surface area contributed by atoms with Crippen LogP contribution in [0, 0.1) is 6.92 Å². The maximum absolute atomic E-state index is 12.4. The molecule has 4 aromatic rings. The van der Waals surface area contributed by atoms with Crippen molar-refractivity contribution in [2.24, 2.45) is 0 Å². The van der Waals surface area contributed by atoms with E-state index in [-0.39, 0.29) is 11.7 Å². The number of hydrogen-bond acceptors (Lipinski definition) is 6. The second kappa shape index (κ2) is 7.24. The molecule has 8 heteroatoms. The summed E-state index contributed by atoms with van der Waals surface area (Å²) in [6.45, 7) is 4.06. The van der Waals surface area contributed by atoms with E-state index in [1.54, 1.807) is 16.6 Å². The van der Waals surface area contributed by atoms with Crippen molar-refractivity contribution in [1.29, 1.82) is 0 Å². The first-order chi connectivity index (χ1) is 13.2. The van der Waals surface area contributed by atoms with Gasteiger partial charge in [0, 0.05) is 16.2 Å². The van der Waals surface area contributed by atoms with Crippen molar-refractivity contribution in [2.45, 2.75) is 30.2 Å². The van der Waals surface area contributed by atoms with Gasteiger partial charge in [0.2, 0.25) is 0 Å². The fourth-order valence-electron chi connectivity index (χ4n) is 2.82. The van der Waals surface area contributed by atoms with Gasteiger partial charge in [0.25, 0.3) is 11.7 Å². The monoisotopic (exact) mass is 379 g/mol. The van der Waals surface area contributed by atoms with Crippen LogP contribution >= 0.6 is 11.8 Å². The van der Waals surface area contributed by atoms with Gasteiger partial charge in [0.1, 0.15) is 11.4 Å². The van der Waals surface area contributed by atoms with Gasteiger partial charge in [-0.3, -0.25) is 4.79 Å². The maximum atomic E-state index is 12.4. The van der Waals surface area contributed by atoms with Crippen molar-refractivity contribution >= 4 is 29.1 Å². The third kappa shape index (κ3) is 3.31. The van der Waals surface area contributed by atoms with Crippen LogP contribution in [0.2, 0.25) is 0 Å². The van der Waals surface area contributed by atoms with Gasteiger partial charge < -0.3 is 9.73 Å². The molecule has 0 fully saturated rings. The first kappa shape index (κ1) is 17.3. The predicted octanol–water partition coefficient (Wildman–Crippen LogP) is 3.99. The minimum Gasteiger partial charge on any atom is -0.459 e. The van der Waals surface area contributed by atoms with Crippen molar-refractivity contribution in [3.8, 4) is 0 Å². The Balaban J connectivity index is 1.73. The molecule has 3 heterocycles. The number of hydrogen-bond donors (Lipinski definition) is 1. The highest BCUT2D eigenvalue weighted by atomic mass is 32.2. The number of nitrogens with zero attached hydrogens (tertiary/aromatic N) is 4. The van der Waals surface area contributed by atoms with E-state index in [1.165, 1.54) is 24.4 Å². The number of carbonyl (C=O) groups excluding carboxylic acids is 1. The first-order valence-corrected chi connectivity index (χ1v) is 9.30. The zero-order valence-electron chi connectivity index (χ0n) is 14.8.